The molecule has 2 N–H and O–H groups in total. The summed E-state index contributed by atoms with van der Waals surface area (Å²) in [5.74, 6) is 0. The Balaban J connectivity index is 3.49. The largest absolute Gasteiger partial charge is 0.395 e. The van der Waals surface area contributed by atoms with Crippen LogP contribution >= 0.6 is 0 Å². The zero-order valence-electron chi connectivity index (χ0n) is 7.93. The number of rotatable bonds is 6. The highest BCUT2D eigenvalue weighted by Gasteiger charge is 2.07. The summed E-state index contributed by atoms with van der Waals surface area (Å²) in [6.45, 7) is 6.61. The Morgan fingerprint density at radius 3 is 2.36 bits per heavy atom. The maximum atomic E-state index is 8.78. The summed E-state index contributed by atoms with van der Waals surface area (Å²) in [6.07, 6.45) is 3.57. The van der Waals surface area contributed by atoms with Crippen molar-refractivity contribution in [3.05, 3.63) is 0 Å². The normalized spacial score (nSPS) is 16.4. The van der Waals surface area contributed by atoms with E-state index in [1.807, 2.05) is 6.92 Å². The van der Waals surface area contributed by atoms with Crippen molar-refractivity contribution in [2.75, 3.05) is 6.61 Å². The molecular formula is C9H21NO. The summed E-state index contributed by atoms with van der Waals surface area (Å²) < 4.78 is 0. The Morgan fingerprint density at radius 1 is 1.36 bits per heavy atom. The predicted octanol–water partition coefficient (Wildman–Crippen LogP) is 1.54. The molecule has 11 heavy (non-hydrogen) atoms. The maximum Gasteiger partial charge on any atom is 0.0582 e. The monoisotopic (exact) mass is 159 g/mol. The van der Waals surface area contributed by atoms with Crippen LogP contribution in [0.2, 0.25) is 0 Å². The third-order valence-electron chi connectivity index (χ3n) is 1.92. The third-order valence-corrected chi connectivity index (χ3v) is 1.92. The van der Waals surface area contributed by atoms with E-state index in [1.54, 1.807) is 0 Å². The van der Waals surface area contributed by atoms with Crippen molar-refractivity contribution in [2.45, 2.75) is 52.1 Å². The first kappa shape index (κ1) is 10.9. The summed E-state index contributed by atoms with van der Waals surface area (Å²) >= 11 is 0. The first-order valence-electron chi connectivity index (χ1n) is 4.61. The van der Waals surface area contributed by atoms with E-state index in [0.29, 0.717) is 6.04 Å². The number of aliphatic hydroxyl groups is 1. The summed E-state index contributed by atoms with van der Waals surface area (Å²) in [7, 11) is 0. The summed E-state index contributed by atoms with van der Waals surface area (Å²) in [5, 5.41) is 12.2. The molecule has 0 radical (unpaired) electrons. The van der Waals surface area contributed by atoms with Crippen molar-refractivity contribution in [3.63, 3.8) is 0 Å². The third kappa shape index (κ3) is 5.22. The number of hydrogen-bond acceptors (Lipinski definition) is 2. The molecule has 0 heterocycles. The van der Waals surface area contributed by atoms with Crippen molar-refractivity contribution in [3.8, 4) is 0 Å². The molecule has 0 aliphatic heterocycles. The maximum absolute atomic E-state index is 8.78. The van der Waals surface area contributed by atoms with Gasteiger partial charge in [-0.15, -0.1) is 0 Å². The van der Waals surface area contributed by atoms with Crippen LogP contribution in [0.15, 0.2) is 0 Å². The summed E-state index contributed by atoms with van der Waals surface area (Å²) in [6, 6.07) is 0.827. The SMILES string of the molecule is CCCC(CC)NC(C)CO. The Labute approximate surface area is 70.0 Å². The van der Waals surface area contributed by atoms with E-state index < -0.39 is 0 Å². The lowest BCUT2D eigenvalue weighted by Crippen LogP contribution is -2.38. The lowest BCUT2D eigenvalue weighted by molar-refractivity contribution is 0.236. The minimum Gasteiger partial charge on any atom is -0.395 e. The van der Waals surface area contributed by atoms with Gasteiger partial charge in [0.25, 0.3) is 0 Å². The highest BCUT2D eigenvalue weighted by molar-refractivity contribution is 4.68. The van der Waals surface area contributed by atoms with E-state index in [-0.39, 0.29) is 12.6 Å². The predicted molar refractivity (Wildman–Crippen MR) is 48.7 cm³/mol. The zero-order chi connectivity index (χ0) is 8.69. The molecule has 0 bridgehead atoms. The Hall–Kier alpha value is -0.0800. The molecule has 0 aromatic rings. The lowest BCUT2D eigenvalue weighted by Gasteiger charge is -2.20. The molecule has 0 aromatic heterocycles. The van der Waals surface area contributed by atoms with Crippen LogP contribution in [-0.4, -0.2) is 23.8 Å². The quantitative estimate of drug-likeness (QED) is 0.616. The number of hydrogen-bond donors (Lipinski definition) is 2. The fourth-order valence-corrected chi connectivity index (χ4v) is 1.21. The summed E-state index contributed by atoms with van der Waals surface area (Å²) in [5.41, 5.74) is 0. The van der Waals surface area contributed by atoms with Crippen molar-refractivity contribution in [1.29, 1.82) is 0 Å². The van der Waals surface area contributed by atoms with Crippen LogP contribution < -0.4 is 5.32 Å². The second kappa shape index (κ2) is 6.62. The van der Waals surface area contributed by atoms with Gasteiger partial charge in [-0.05, 0) is 19.8 Å². The van der Waals surface area contributed by atoms with Gasteiger partial charge in [0.1, 0.15) is 0 Å². The number of nitrogens with one attached hydrogen (secondary N) is 1. The first-order valence-corrected chi connectivity index (χ1v) is 4.61. The van der Waals surface area contributed by atoms with Crippen LogP contribution in [0, 0.1) is 0 Å². The van der Waals surface area contributed by atoms with Crippen LogP contribution in [0.5, 0.6) is 0 Å². The van der Waals surface area contributed by atoms with Crippen LogP contribution in [0.25, 0.3) is 0 Å². The highest BCUT2D eigenvalue weighted by atomic mass is 16.3. The molecule has 0 aliphatic rings. The smallest absolute Gasteiger partial charge is 0.0582 e. The molecule has 0 spiro atoms. The van der Waals surface area contributed by atoms with Crippen molar-refractivity contribution in [2.24, 2.45) is 0 Å². The van der Waals surface area contributed by atoms with E-state index in [2.05, 4.69) is 19.2 Å². The summed E-state index contributed by atoms with van der Waals surface area (Å²) in [4.78, 5) is 0. The Morgan fingerprint density at radius 2 is 2.00 bits per heavy atom. The van der Waals surface area contributed by atoms with E-state index >= 15 is 0 Å². The van der Waals surface area contributed by atoms with Gasteiger partial charge < -0.3 is 10.4 Å². The molecule has 0 aromatic carbocycles. The standard InChI is InChI=1S/C9H21NO/c1-4-6-9(5-2)10-8(3)7-11/h8-11H,4-7H2,1-3H3. The molecule has 68 valence electrons. The van der Waals surface area contributed by atoms with Gasteiger partial charge in [0.05, 0.1) is 6.61 Å². The van der Waals surface area contributed by atoms with E-state index in [9.17, 15) is 0 Å². The second-order valence-electron chi connectivity index (χ2n) is 3.14. The van der Waals surface area contributed by atoms with Crippen molar-refractivity contribution in [1.82, 2.24) is 5.32 Å². The fraction of sp³-hybridized carbons (Fsp3) is 1.00. The van der Waals surface area contributed by atoms with Crippen molar-refractivity contribution < 1.29 is 5.11 Å². The van der Waals surface area contributed by atoms with Gasteiger partial charge in [-0.1, -0.05) is 20.3 Å². The van der Waals surface area contributed by atoms with Gasteiger partial charge in [0.2, 0.25) is 0 Å². The van der Waals surface area contributed by atoms with Crippen molar-refractivity contribution >= 4 is 0 Å². The lowest BCUT2D eigenvalue weighted by atomic mass is 10.1. The average Bonchev–Trinajstić information content (AvgIpc) is 2.03. The fourth-order valence-electron chi connectivity index (χ4n) is 1.21. The first-order chi connectivity index (χ1) is 5.24. The van der Waals surface area contributed by atoms with E-state index in [0.717, 1.165) is 6.42 Å². The molecule has 2 atom stereocenters. The van der Waals surface area contributed by atoms with Crippen LogP contribution in [0.4, 0.5) is 0 Å². The number of aliphatic hydroxyl groups excluding tert-OH is 1. The van der Waals surface area contributed by atoms with Gasteiger partial charge in [-0.25, -0.2) is 0 Å². The van der Waals surface area contributed by atoms with Gasteiger partial charge in [-0.2, -0.15) is 0 Å². The minimum atomic E-state index is 0.236. The molecule has 0 saturated carbocycles. The van der Waals surface area contributed by atoms with Crippen LogP contribution in [-0.2, 0) is 0 Å². The molecule has 2 unspecified atom stereocenters. The molecule has 0 amide bonds. The van der Waals surface area contributed by atoms with E-state index in [4.69, 9.17) is 5.11 Å². The zero-order valence-corrected chi connectivity index (χ0v) is 7.93. The van der Waals surface area contributed by atoms with Gasteiger partial charge in [-0.3, -0.25) is 0 Å². The van der Waals surface area contributed by atoms with Gasteiger partial charge in [0, 0.05) is 12.1 Å². The Kier molecular flexibility index (Phi) is 6.57. The van der Waals surface area contributed by atoms with E-state index in [1.165, 1.54) is 12.8 Å². The molecule has 0 saturated heterocycles. The molecule has 0 aliphatic carbocycles. The van der Waals surface area contributed by atoms with Crippen LogP contribution in [0.1, 0.15) is 40.0 Å². The molecular weight excluding hydrogens is 138 g/mol. The van der Waals surface area contributed by atoms with Gasteiger partial charge >= 0.3 is 0 Å². The molecule has 2 nitrogen and oxygen atoms in total. The molecule has 2 heteroatoms. The highest BCUT2D eigenvalue weighted by Crippen LogP contribution is 2.01. The second-order valence-corrected chi connectivity index (χ2v) is 3.14. The minimum absolute atomic E-state index is 0.236. The average molecular weight is 159 g/mol. The topological polar surface area (TPSA) is 32.3 Å². The van der Waals surface area contributed by atoms with Crippen LogP contribution in [0.3, 0.4) is 0 Å². The van der Waals surface area contributed by atoms with Gasteiger partial charge in [0.15, 0.2) is 0 Å². The molecule has 0 rings (SSSR count). The molecule has 0 fully saturated rings. The Bertz CT molecular complexity index is 85.6.